The van der Waals surface area contributed by atoms with Gasteiger partial charge in [0.15, 0.2) is 5.66 Å². The first-order valence-corrected chi connectivity index (χ1v) is 17.0. The molecule has 9 nitrogen and oxygen atoms in total. The first-order chi connectivity index (χ1) is 23.5. The summed E-state index contributed by atoms with van der Waals surface area (Å²) in [5.74, 6) is -0.405. The van der Waals surface area contributed by atoms with Crippen LogP contribution in [0.5, 0.6) is 5.75 Å². The SMILES string of the molecule is CCOc1cc(C(F)(F)F)ccc1C1(C(=O)N2CCN(C3CN(CC=O)CCO3)CC2)NC(c2ccc(Cl)cc2)C(c2ccc(Cl)cc2)N1. The predicted octanol–water partition coefficient (Wildman–Crippen LogP) is 5.24. The highest BCUT2D eigenvalue weighted by atomic mass is 35.5. The maximum absolute atomic E-state index is 15.0. The van der Waals surface area contributed by atoms with E-state index in [-0.39, 0.29) is 30.1 Å². The summed E-state index contributed by atoms with van der Waals surface area (Å²) >= 11 is 12.5. The number of carbonyl (C=O) groups excluding carboxylic acids is 2. The zero-order valence-electron chi connectivity index (χ0n) is 26.9. The number of nitrogens with one attached hydrogen (secondary N) is 2. The molecule has 3 atom stereocenters. The highest BCUT2D eigenvalue weighted by Gasteiger charge is 2.55. The smallest absolute Gasteiger partial charge is 0.416 e. The average Bonchev–Trinajstić information content (AvgIpc) is 3.50. The third-order valence-electron chi connectivity index (χ3n) is 9.34. The van der Waals surface area contributed by atoms with Crippen LogP contribution >= 0.6 is 23.2 Å². The van der Waals surface area contributed by atoms with Gasteiger partial charge in [-0.25, -0.2) is 0 Å². The summed E-state index contributed by atoms with van der Waals surface area (Å²) in [4.78, 5) is 32.0. The van der Waals surface area contributed by atoms with Gasteiger partial charge < -0.3 is 19.2 Å². The van der Waals surface area contributed by atoms with Crippen molar-refractivity contribution >= 4 is 35.4 Å². The lowest BCUT2D eigenvalue weighted by Gasteiger charge is -2.44. The van der Waals surface area contributed by atoms with E-state index in [1.807, 2.05) is 29.2 Å². The van der Waals surface area contributed by atoms with Crippen LogP contribution in [-0.4, -0.2) is 92.1 Å². The van der Waals surface area contributed by atoms with E-state index in [1.165, 1.54) is 6.07 Å². The zero-order chi connectivity index (χ0) is 34.8. The number of ether oxygens (including phenoxy) is 2. The van der Waals surface area contributed by atoms with Crippen LogP contribution in [0.2, 0.25) is 10.0 Å². The first-order valence-electron chi connectivity index (χ1n) is 16.2. The van der Waals surface area contributed by atoms with Gasteiger partial charge in [-0.3, -0.25) is 25.2 Å². The average molecular weight is 721 g/mol. The number of morpholine rings is 1. The van der Waals surface area contributed by atoms with Gasteiger partial charge in [-0.2, -0.15) is 13.2 Å². The molecule has 0 spiro atoms. The summed E-state index contributed by atoms with van der Waals surface area (Å²) in [6.45, 7) is 5.56. The number of benzene rings is 3. The van der Waals surface area contributed by atoms with Gasteiger partial charge in [-0.1, -0.05) is 53.5 Å². The van der Waals surface area contributed by atoms with Crippen molar-refractivity contribution in [2.45, 2.75) is 37.1 Å². The van der Waals surface area contributed by atoms with E-state index in [1.54, 1.807) is 36.1 Å². The van der Waals surface area contributed by atoms with Crippen molar-refractivity contribution in [2.24, 2.45) is 0 Å². The Hall–Kier alpha value is -3.23. The minimum Gasteiger partial charge on any atom is -0.493 e. The number of amides is 1. The van der Waals surface area contributed by atoms with Crippen molar-refractivity contribution < 1.29 is 32.2 Å². The number of hydrogen-bond acceptors (Lipinski definition) is 8. The molecule has 3 aliphatic heterocycles. The van der Waals surface area contributed by atoms with Crippen molar-refractivity contribution in [1.82, 2.24) is 25.3 Å². The number of hydrogen-bond donors (Lipinski definition) is 2. The molecule has 3 unspecified atom stereocenters. The summed E-state index contributed by atoms with van der Waals surface area (Å²) in [7, 11) is 0. The highest BCUT2D eigenvalue weighted by molar-refractivity contribution is 6.30. The van der Waals surface area contributed by atoms with Crippen LogP contribution in [0.25, 0.3) is 0 Å². The molecule has 3 heterocycles. The molecule has 1 amide bonds. The first kappa shape index (κ1) is 35.6. The molecule has 3 saturated heterocycles. The second kappa shape index (κ2) is 14.9. The Morgan fingerprint density at radius 2 is 1.53 bits per heavy atom. The van der Waals surface area contributed by atoms with Gasteiger partial charge in [0, 0.05) is 54.9 Å². The van der Waals surface area contributed by atoms with E-state index in [2.05, 4.69) is 15.5 Å². The fraction of sp³-hybridized carbons (Fsp3) is 0.429. The molecule has 14 heteroatoms. The van der Waals surface area contributed by atoms with Crippen LogP contribution < -0.4 is 15.4 Å². The fourth-order valence-electron chi connectivity index (χ4n) is 6.87. The Morgan fingerprint density at radius 1 is 0.939 bits per heavy atom. The molecule has 3 aromatic rings. The lowest BCUT2D eigenvalue weighted by molar-refractivity contribution is -0.149. The van der Waals surface area contributed by atoms with E-state index >= 15 is 4.79 Å². The van der Waals surface area contributed by atoms with E-state index < -0.39 is 29.5 Å². The van der Waals surface area contributed by atoms with Crippen LogP contribution in [0.3, 0.4) is 0 Å². The van der Waals surface area contributed by atoms with Crippen LogP contribution in [0, 0.1) is 0 Å². The van der Waals surface area contributed by atoms with Crippen molar-refractivity contribution in [3.05, 3.63) is 99.0 Å². The summed E-state index contributed by atoms with van der Waals surface area (Å²) < 4.78 is 53.7. The Morgan fingerprint density at radius 3 is 2.06 bits per heavy atom. The predicted molar refractivity (Wildman–Crippen MR) is 179 cm³/mol. The number of alkyl halides is 3. The number of carbonyl (C=O) groups is 2. The Bertz CT molecular complexity index is 1570. The van der Waals surface area contributed by atoms with Crippen LogP contribution in [0.15, 0.2) is 66.7 Å². The number of halogens is 5. The van der Waals surface area contributed by atoms with Crippen LogP contribution in [-0.2, 0) is 26.2 Å². The number of aldehydes is 1. The molecule has 262 valence electrons. The van der Waals surface area contributed by atoms with Gasteiger partial charge in [0.05, 0.1) is 37.4 Å². The summed E-state index contributed by atoms with van der Waals surface area (Å²) in [6.07, 6.45) is -3.95. The number of nitrogens with zero attached hydrogens (tertiary/aromatic N) is 3. The van der Waals surface area contributed by atoms with Gasteiger partial charge >= 0.3 is 6.18 Å². The maximum Gasteiger partial charge on any atom is 0.416 e. The Balaban J connectivity index is 1.39. The molecule has 0 radical (unpaired) electrons. The lowest BCUT2D eigenvalue weighted by atomic mass is 9.94. The van der Waals surface area contributed by atoms with Crippen molar-refractivity contribution in [3.8, 4) is 5.75 Å². The lowest BCUT2D eigenvalue weighted by Crippen LogP contribution is -2.63. The number of rotatable bonds is 9. The third-order valence-corrected chi connectivity index (χ3v) is 9.85. The van der Waals surface area contributed by atoms with Gasteiger partial charge in [-0.15, -0.1) is 0 Å². The normalized spacial score (nSPS) is 25.3. The molecule has 49 heavy (non-hydrogen) atoms. The van der Waals surface area contributed by atoms with E-state index in [0.717, 1.165) is 29.5 Å². The molecule has 0 aromatic heterocycles. The highest BCUT2D eigenvalue weighted by Crippen LogP contribution is 2.46. The topological polar surface area (TPSA) is 86.4 Å². The summed E-state index contributed by atoms with van der Waals surface area (Å²) in [6, 6.07) is 16.7. The minimum atomic E-state index is -4.62. The maximum atomic E-state index is 15.0. The molecule has 3 fully saturated rings. The Labute approximate surface area is 293 Å². The molecule has 0 saturated carbocycles. The van der Waals surface area contributed by atoms with Gasteiger partial charge in [0.2, 0.25) is 0 Å². The van der Waals surface area contributed by atoms with E-state index in [0.29, 0.717) is 62.5 Å². The third kappa shape index (κ3) is 7.61. The molecule has 6 rings (SSSR count). The van der Waals surface area contributed by atoms with Gasteiger partial charge in [0.1, 0.15) is 18.3 Å². The van der Waals surface area contributed by atoms with E-state index in [4.69, 9.17) is 32.7 Å². The zero-order valence-corrected chi connectivity index (χ0v) is 28.4. The van der Waals surface area contributed by atoms with Crippen molar-refractivity contribution in [1.29, 1.82) is 0 Å². The second-order valence-corrected chi connectivity index (χ2v) is 13.2. The quantitative estimate of drug-likeness (QED) is 0.291. The van der Waals surface area contributed by atoms with Gasteiger partial charge in [0.25, 0.3) is 5.91 Å². The van der Waals surface area contributed by atoms with Crippen molar-refractivity contribution in [2.75, 3.05) is 59.0 Å². The summed E-state index contributed by atoms with van der Waals surface area (Å²) in [5, 5.41) is 8.18. The van der Waals surface area contributed by atoms with Crippen molar-refractivity contribution in [3.63, 3.8) is 0 Å². The van der Waals surface area contributed by atoms with Gasteiger partial charge in [-0.05, 0) is 54.4 Å². The fourth-order valence-corrected chi connectivity index (χ4v) is 7.12. The Kier molecular flexibility index (Phi) is 10.9. The van der Waals surface area contributed by atoms with Crippen LogP contribution in [0.1, 0.15) is 41.3 Å². The minimum absolute atomic E-state index is 0.0539. The molecular weight excluding hydrogens is 682 g/mol. The molecule has 0 aliphatic carbocycles. The molecule has 3 aromatic carbocycles. The summed E-state index contributed by atoms with van der Waals surface area (Å²) in [5.41, 5.74) is -0.696. The molecular formula is C35H38Cl2F3N5O4. The molecule has 2 N–H and O–H groups in total. The molecule has 0 bridgehead atoms. The monoisotopic (exact) mass is 719 g/mol. The largest absolute Gasteiger partial charge is 0.493 e. The number of piperazine rings is 1. The standard InChI is InChI=1S/C35H38Cl2F3N5O4/c1-2-48-29-21-25(35(38,39)40)7-12-28(29)34(33(47)45-15-13-44(14-16-45)30-22-43(17-19-46)18-20-49-30)41-31(23-3-8-26(36)9-4-23)32(42-34)24-5-10-27(37)11-6-24/h3-12,19,21,30-32,41-42H,2,13-18,20,22H2,1H3. The second-order valence-electron chi connectivity index (χ2n) is 12.3. The van der Waals surface area contributed by atoms with E-state index in [9.17, 15) is 18.0 Å². The van der Waals surface area contributed by atoms with Crippen LogP contribution in [0.4, 0.5) is 13.2 Å². The molecule has 3 aliphatic rings.